The molecule has 194 valence electrons. The smallest absolute Gasteiger partial charge is 0.414 e. The van der Waals surface area contributed by atoms with E-state index in [1.807, 2.05) is 19.1 Å². The summed E-state index contributed by atoms with van der Waals surface area (Å²) < 4.78 is 42.6. The number of hydrogen-bond donors (Lipinski definition) is 1. The van der Waals surface area contributed by atoms with Gasteiger partial charge in [0.15, 0.2) is 0 Å². The van der Waals surface area contributed by atoms with Crippen LogP contribution >= 0.6 is 0 Å². The van der Waals surface area contributed by atoms with E-state index in [1.54, 1.807) is 34.1 Å². The Morgan fingerprint density at radius 2 is 1.72 bits per heavy atom. The van der Waals surface area contributed by atoms with Crippen LogP contribution in [0.2, 0.25) is 0 Å². The molecule has 0 aromatic heterocycles. The van der Waals surface area contributed by atoms with Crippen LogP contribution in [0.5, 0.6) is 5.75 Å². The molecule has 2 aromatic carbocycles. The largest absolute Gasteiger partial charge is 0.495 e. The molecule has 1 atom stereocenters. The minimum absolute atomic E-state index is 0.127. The topological polar surface area (TPSA) is 114 Å². The summed E-state index contributed by atoms with van der Waals surface area (Å²) in [6, 6.07) is 10.3. The molecule has 0 aliphatic carbocycles. The molecule has 0 bridgehead atoms. The monoisotopic (exact) mass is 517 g/mol. The molecule has 36 heavy (non-hydrogen) atoms. The minimum Gasteiger partial charge on any atom is -0.495 e. The minimum atomic E-state index is -3.53. The van der Waals surface area contributed by atoms with Gasteiger partial charge in [0.1, 0.15) is 11.9 Å². The standard InChI is InChI=1S/C25H31N3O7S/c1-16-15-27(25(30)35-20-9-11-34-12-10-20)23-14-19(5-7-22(23)28(16)17(2)29)18-6-8-24(33-3)21(13-18)26-36(4,31)32/h5-8,13-14,16,20,26H,9-12,15H2,1-4H3/t16-/m0/s1. The zero-order chi connectivity index (χ0) is 26.0. The van der Waals surface area contributed by atoms with E-state index in [9.17, 15) is 18.0 Å². The van der Waals surface area contributed by atoms with Gasteiger partial charge in [-0.3, -0.25) is 14.4 Å². The zero-order valence-electron chi connectivity index (χ0n) is 20.8. The predicted octanol–water partition coefficient (Wildman–Crippen LogP) is 3.61. The van der Waals surface area contributed by atoms with Gasteiger partial charge < -0.3 is 19.1 Å². The molecule has 2 heterocycles. The van der Waals surface area contributed by atoms with Gasteiger partial charge in [-0.2, -0.15) is 0 Å². The number of rotatable bonds is 5. The predicted molar refractivity (Wildman–Crippen MR) is 137 cm³/mol. The summed E-state index contributed by atoms with van der Waals surface area (Å²) in [5.41, 5.74) is 2.89. The lowest BCUT2D eigenvalue weighted by Crippen LogP contribution is -2.52. The van der Waals surface area contributed by atoms with Crippen molar-refractivity contribution < 1.29 is 32.2 Å². The quantitative estimate of drug-likeness (QED) is 0.644. The lowest BCUT2D eigenvalue weighted by atomic mass is 10.00. The van der Waals surface area contributed by atoms with Crippen LogP contribution in [-0.4, -0.2) is 65.7 Å². The summed E-state index contributed by atoms with van der Waals surface area (Å²) in [6.07, 6.45) is 1.67. The number of carbonyl (C=O) groups excluding carboxylic acids is 2. The van der Waals surface area contributed by atoms with Crippen LogP contribution in [0.25, 0.3) is 11.1 Å². The fourth-order valence-corrected chi connectivity index (χ4v) is 5.18. The molecule has 0 unspecified atom stereocenters. The summed E-state index contributed by atoms with van der Waals surface area (Å²) in [7, 11) is -2.07. The molecular formula is C25H31N3O7S. The van der Waals surface area contributed by atoms with Crippen molar-refractivity contribution in [2.75, 3.05) is 47.6 Å². The first-order valence-corrected chi connectivity index (χ1v) is 13.6. The maximum absolute atomic E-state index is 13.3. The number of anilines is 3. The molecule has 1 saturated heterocycles. The fraction of sp³-hybridized carbons (Fsp3) is 0.440. The molecule has 11 heteroatoms. The Bertz CT molecular complexity index is 1260. The molecule has 0 spiro atoms. The summed E-state index contributed by atoms with van der Waals surface area (Å²) in [4.78, 5) is 29.0. The maximum atomic E-state index is 13.3. The van der Waals surface area contributed by atoms with Gasteiger partial charge in [-0.1, -0.05) is 12.1 Å². The van der Waals surface area contributed by atoms with Gasteiger partial charge in [0.2, 0.25) is 15.9 Å². The van der Waals surface area contributed by atoms with Crippen molar-refractivity contribution in [3.8, 4) is 16.9 Å². The highest BCUT2D eigenvalue weighted by molar-refractivity contribution is 7.92. The van der Waals surface area contributed by atoms with Crippen LogP contribution in [0.4, 0.5) is 21.9 Å². The SMILES string of the molecule is COc1ccc(-c2ccc3c(c2)N(C(=O)OC2CCOCC2)C[C@H](C)N3C(C)=O)cc1NS(C)(=O)=O. The first kappa shape index (κ1) is 25.8. The van der Waals surface area contributed by atoms with Crippen molar-refractivity contribution in [2.45, 2.75) is 38.8 Å². The van der Waals surface area contributed by atoms with Crippen LogP contribution in [0, 0.1) is 0 Å². The van der Waals surface area contributed by atoms with Crippen molar-refractivity contribution >= 4 is 39.1 Å². The highest BCUT2D eigenvalue weighted by atomic mass is 32.2. The van der Waals surface area contributed by atoms with Crippen LogP contribution < -0.4 is 19.3 Å². The van der Waals surface area contributed by atoms with Gasteiger partial charge in [0.25, 0.3) is 0 Å². The number of hydrogen-bond acceptors (Lipinski definition) is 7. The Balaban J connectivity index is 1.74. The fourth-order valence-electron chi connectivity index (χ4n) is 4.62. The number of benzene rings is 2. The van der Waals surface area contributed by atoms with E-state index in [0.717, 1.165) is 11.8 Å². The first-order valence-electron chi connectivity index (χ1n) is 11.7. The van der Waals surface area contributed by atoms with Crippen molar-refractivity contribution in [1.29, 1.82) is 0 Å². The third-order valence-electron chi connectivity index (χ3n) is 6.24. The summed E-state index contributed by atoms with van der Waals surface area (Å²) >= 11 is 0. The Labute approximate surface area is 211 Å². The molecular weight excluding hydrogens is 486 g/mol. The second-order valence-corrected chi connectivity index (χ2v) is 10.8. The number of sulfonamides is 1. The maximum Gasteiger partial charge on any atom is 0.414 e. The van der Waals surface area contributed by atoms with Crippen LogP contribution in [0.1, 0.15) is 26.7 Å². The molecule has 10 nitrogen and oxygen atoms in total. The normalized spacial score (nSPS) is 18.4. The number of fused-ring (bicyclic) bond motifs is 1. The Morgan fingerprint density at radius 1 is 1.06 bits per heavy atom. The van der Waals surface area contributed by atoms with E-state index < -0.39 is 16.1 Å². The first-order chi connectivity index (χ1) is 17.1. The molecule has 4 rings (SSSR count). The van der Waals surface area contributed by atoms with E-state index in [4.69, 9.17) is 14.2 Å². The van der Waals surface area contributed by atoms with E-state index in [2.05, 4.69) is 4.72 Å². The van der Waals surface area contributed by atoms with Gasteiger partial charge in [0.05, 0.1) is 49.7 Å². The lowest BCUT2D eigenvalue weighted by Gasteiger charge is -2.41. The lowest BCUT2D eigenvalue weighted by molar-refractivity contribution is -0.117. The van der Waals surface area contributed by atoms with E-state index in [-0.39, 0.29) is 24.6 Å². The molecule has 2 aliphatic heterocycles. The Morgan fingerprint density at radius 3 is 2.36 bits per heavy atom. The van der Waals surface area contributed by atoms with E-state index in [1.165, 1.54) is 14.0 Å². The number of amides is 2. The van der Waals surface area contributed by atoms with Gasteiger partial charge in [-0.15, -0.1) is 0 Å². The summed E-state index contributed by atoms with van der Waals surface area (Å²) in [5, 5.41) is 0. The van der Waals surface area contributed by atoms with Crippen molar-refractivity contribution in [1.82, 2.24) is 0 Å². The average molecular weight is 518 g/mol. The molecule has 1 N–H and O–H groups in total. The molecule has 0 radical (unpaired) electrons. The number of carbonyl (C=O) groups is 2. The summed E-state index contributed by atoms with van der Waals surface area (Å²) in [6.45, 7) is 4.76. The average Bonchev–Trinajstić information content (AvgIpc) is 2.82. The van der Waals surface area contributed by atoms with Crippen molar-refractivity contribution in [3.63, 3.8) is 0 Å². The number of nitrogens with zero attached hydrogens (tertiary/aromatic N) is 2. The van der Waals surface area contributed by atoms with Crippen molar-refractivity contribution in [2.24, 2.45) is 0 Å². The third-order valence-corrected chi connectivity index (χ3v) is 6.83. The summed E-state index contributed by atoms with van der Waals surface area (Å²) in [5.74, 6) is 0.249. The van der Waals surface area contributed by atoms with Gasteiger partial charge in [0, 0.05) is 26.3 Å². The highest BCUT2D eigenvalue weighted by Crippen LogP contribution is 2.40. The van der Waals surface area contributed by atoms with Crippen LogP contribution in [-0.2, 0) is 24.3 Å². The Kier molecular flexibility index (Phi) is 7.41. The van der Waals surface area contributed by atoms with Gasteiger partial charge in [-0.25, -0.2) is 13.2 Å². The van der Waals surface area contributed by atoms with Gasteiger partial charge >= 0.3 is 6.09 Å². The number of methoxy groups -OCH3 is 1. The highest BCUT2D eigenvalue weighted by Gasteiger charge is 2.35. The molecule has 0 saturated carbocycles. The molecule has 2 aromatic rings. The molecule has 2 aliphatic rings. The van der Waals surface area contributed by atoms with E-state index >= 15 is 0 Å². The van der Waals surface area contributed by atoms with Crippen LogP contribution in [0.15, 0.2) is 36.4 Å². The second kappa shape index (κ2) is 10.4. The second-order valence-electron chi connectivity index (χ2n) is 9.04. The number of nitrogens with one attached hydrogen (secondary N) is 1. The zero-order valence-corrected chi connectivity index (χ0v) is 21.6. The third kappa shape index (κ3) is 5.57. The Hall–Kier alpha value is -3.31. The number of ether oxygens (including phenoxy) is 3. The molecule has 2 amide bonds. The van der Waals surface area contributed by atoms with Crippen LogP contribution in [0.3, 0.4) is 0 Å². The van der Waals surface area contributed by atoms with E-state index in [0.29, 0.717) is 54.4 Å². The molecule has 1 fully saturated rings. The van der Waals surface area contributed by atoms with Gasteiger partial charge in [-0.05, 0) is 42.3 Å². The van der Waals surface area contributed by atoms with Crippen molar-refractivity contribution in [3.05, 3.63) is 36.4 Å².